The molecule has 0 amide bonds. The molecule has 0 spiro atoms. The average molecular weight is 383 g/mol. The minimum absolute atomic E-state index is 0.0267. The number of aromatic nitrogens is 3. The summed E-state index contributed by atoms with van der Waals surface area (Å²) >= 11 is 6.07. The maximum Gasteiger partial charge on any atom is 0.165 e. The van der Waals surface area contributed by atoms with Gasteiger partial charge in [-0.3, -0.25) is 0 Å². The van der Waals surface area contributed by atoms with Gasteiger partial charge >= 0.3 is 0 Å². The van der Waals surface area contributed by atoms with Gasteiger partial charge in [-0.2, -0.15) is 9.61 Å². The van der Waals surface area contributed by atoms with E-state index in [0.29, 0.717) is 0 Å². The van der Waals surface area contributed by atoms with E-state index < -0.39 is 0 Å². The monoisotopic (exact) mass is 382 g/mol. The van der Waals surface area contributed by atoms with Gasteiger partial charge in [-0.25, -0.2) is 4.98 Å². The van der Waals surface area contributed by atoms with Crippen LogP contribution >= 0.6 is 11.6 Å². The molecule has 0 bridgehead atoms. The van der Waals surface area contributed by atoms with Gasteiger partial charge in [0.1, 0.15) is 5.82 Å². The number of rotatable bonds is 2. The molecule has 0 N–H and O–H groups in total. The predicted molar refractivity (Wildman–Crippen MR) is 113 cm³/mol. The highest BCUT2D eigenvalue weighted by atomic mass is 35.5. The van der Waals surface area contributed by atoms with E-state index in [1.807, 2.05) is 35.0 Å². The van der Waals surface area contributed by atoms with Crippen molar-refractivity contribution in [1.82, 2.24) is 14.6 Å². The highest BCUT2D eigenvalue weighted by molar-refractivity contribution is 6.30. The molecule has 0 aliphatic carbocycles. The fraction of sp³-hybridized carbons (Fsp3) is 0.455. The van der Waals surface area contributed by atoms with Crippen molar-refractivity contribution < 1.29 is 0 Å². The Bertz CT molecular complexity index is 945. The summed E-state index contributed by atoms with van der Waals surface area (Å²) in [5.41, 5.74) is 4.12. The van der Waals surface area contributed by atoms with Crippen LogP contribution in [-0.4, -0.2) is 27.7 Å². The second-order valence-corrected chi connectivity index (χ2v) is 9.16. The van der Waals surface area contributed by atoms with Crippen molar-refractivity contribution >= 4 is 23.1 Å². The van der Waals surface area contributed by atoms with Crippen LogP contribution in [0, 0.1) is 5.92 Å². The molecule has 0 atom stereocenters. The first kappa shape index (κ1) is 18.3. The van der Waals surface area contributed by atoms with Crippen molar-refractivity contribution in [3.8, 4) is 11.1 Å². The highest BCUT2D eigenvalue weighted by Crippen LogP contribution is 2.32. The molecule has 1 aromatic carbocycles. The van der Waals surface area contributed by atoms with Gasteiger partial charge in [0.15, 0.2) is 5.65 Å². The number of fused-ring (bicyclic) bond motifs is 1. The van der Waals surface area contributed by atoms with E-state index in [9.17, 15) is 0 Å². The van der Waals surface area contributed by atoms with E-state index in [1.54, 1.807) is 0 Å². The molecular formula is C22H27ClN4. The van der Waals surface area contributed by atoms with Crippen molar-refractivity contribution in [2.45, 2.75) is 46.0 Å². The Balaban J connectivity index is 1.88. The Morgan fingerprint density at radius 2 is 1.74 bits per heavy atom. The first-order valence-electron chi connectivity index (χ1n) is 9.73. The SMILES string of the molecule is CC1CCN(c2cc(C(C)(C)C)nc3c(-c4ccc(Cl)cc4)cnn23)CC1. The Morgan fingerprint density at radius 1 is 1.07 bits per heavy atom. The third-order valence-corrected chi connectivity index (χ3v) is 5.74. The van der Waals surface area contributed by atoms with Crippen LogP contribution in [0.25, 0.3) is 16.8 Å². The van der Waals surface area contributed by atoms with Crippen LogP contribution in [0.1, 0.15) is 46.2 Å². The molecule has 1 fully saturated rings. The number of hydrogen-bond acceptors (Lipinski definition) is 3. The highest BCUT2D eigenvalue weighted by Gasteiger charge is 2.24. The number of anilines is 1. The van der Waals surface area contributed by atoms with Gasteiger partial charge in [-0.1, -0.05) is 51.4 Å². The van der Waals surface area contributed by atoms with Gasteiger partial charge in [-0.05, 0) is 36.5 Å². The molecule has 0 radical (unpaired) electrons. The summed E-state index contributed by atoms with van der Waals surface area (Å²) in [5.74, 6) is 1.94. The zero-order valence-corrected chi connectivity index (χ0v) is 17.3. The lowest BCUT2D eigenvalue weighted by molar-refractivity contribution is 0.434. The smallest absolute Gasteiger partial charge is 0.165 e. The van der Waals surface area contributed by atoms with Gasteiger partial charge in [0.2, 0.25) is 0 Å². The number of nitrogens with zero attached hydrogens (tertiary/aromatic N) is 4. The van der Waals surface area contributed by atoms with E-state index in [4.69, 9.17) is 21.7 Å². The van der Waals surface area contributed by atoms with Gasteiger partial charge in [-0.15, -0.1) is 0 Å². The molecule has 142 valence electrons. The largest absolute Gasteiger partial charge is 0.356 e. The molecule has 5 heteroatoms. The van der Waals surface area contributed by atoms with Gasteiger partial charge in [0, 0.05) is 35.2 Å². The maximum absolute atomic E-state index is 6.07. The molecule has 0 saturated carbocycles. The Morgan fingerprint density at radius 3 is 2.37 bits per heavy atom. The molecule has 1 saturated heterocycles. The van der Waals surface area contributed by atoms with Crippen molar-refractivity contribution in [3.05, 3.63) is 47.2 Å². The quantitative estimate of drug-likeness (QED) is 0.579. The molecule has 27 heavy (non-hydrogen) atoms. The predicted octanol–water partition coefficient (Wildman–Crippen LogP) is 5.58. The van der Waals surface area contributed by atoms with Crippen LogP contribution in [0.5, 0.6) is 0 Å². The summed E-state index contributed by atoms with van der Waals surface area (Å²) in [6.07, 6.45) is 4.37. The average Bonchev–Trinajstić information content (AvgIpc) is 3.06. The number of hydrogen-bond donors (Lipinski definition) is 0. The molecule has 4 rings (SSSR count). The Kier molecular flexibility index (Phi) is 4.63. The number of piperidine rings is 1. The van der Waals surface area contributed by atoms with Crippen LogP contribution < -0.4 is 4.90 Å². The number of benzene rings is 1. The lowest BCUT2D eigenvalue weighted by Crippen LogP contribution is -2.34. The molecule has 3 aromatic rings. The second-order valence-electron chi connectivity index (χ2n) is 8.72. The number of halogens is 1. The molecule has 4 nitrogen and oxygen atoms in total. The fourth-order valence-electron chi connectivity index (χ4n) is 3.63. The lowest BCUT2D eigenvalue weighted by Gasteiger charge is -2.33. The first-order chi connectivity index (χ1) is 12.8. The second kappa shape index (κ2) is 6.83. The summed E-state index contributed by atoms with van der Waals surface area (Å²) in [4.78, 5) is 7.48. The minimum atomic E-state index is -0.0267. The molecular weight excluding hydrogens is 356 g/mol. The Hall–Kier alpha value is -2.07. The first-order valence-corrected chi connectivity index (χ1v) is 10.1. The summed E-state index contributed by atoms with van der Waals surface area (Å²) in [7, 11) is 0. The van der Waals surface area contributed by atoms with Crippen molar-refractivity contribution in [1.29, 1.82) is 0 Å². The van der Waals surface area contributed by atoms with E-state index >= 15 is 0 Å². The summed E-state index contributed by atoms with van der Waals surface area (Å²) in [5, 5.41) is 5.45. The van der Waals surface area contributed by atoms with Crippen LogP contribution in [0.3, 0.4) is 0 Å². The normalized spacial score (nSPS) is 16.3. The summed E-state index contributed by atoms with van der Waals surface area (Å²) < 4.78 is 2.01. The summed E-state index contributed by atoms with van der Waals surface area (Å²) in [6.45, 7) is 11.1. The Labute approximate surface area is 166 Å². The van der Waals surface area contributed by atoms with Crippen LogP contribution in [0.4, 0.5) is 5.82 Å². The van der Waals surface area contributed by atoms with E-state index in [2.05, 4.69) is 38.7 Å². The topological polar surface area (TPSA) is 33.4 Å². The van der Waals surface area contributed by atoms with Crippen LogP contribution in [0.15, 0.2) is 36.5 Å². The van der Waals surface area contributed by atoms with Crippen molar-refractivity contribution in [2.24, 2.45) is 5.92 Å². The molecule has 3 heterocycles. The van der Waals surface area contributed by atoms with Crippen LogP contribution in [-0.2, 0) is 5.41 Å². The molecule has 1 aliphatic rings. The minimum Gasteiger partial charge on any atom is -0.356 e. The molecule has 1 aliphatic heterocycles. The molecule has 2 aromatic heterocycles. The summed E-state index contributed by atoms with van der Waals surface area (Å²) in [6, 6.07) is 10.1. The third kappa shape index (κ3) is 3.55. The standard InChI is InChI=1S/C22H27ClN4/c1-15-9-11-26(12-10-15)20-13-19(22(2,3)4)25-21-18(14-24-27(20)21)16-5-7-17(23)8-6-16/h5-8,13-15H,9-12H2,1-4H3. The van der Waals surface area contributed by atoms with Crippen molar-refractivity contribution in [2.75, 3.05) is 18.0 Å². The van der Waals surface area contributed by atoms with Crippen molar-refractivity contribution in [3.63, 3.8) is 0 Å². The van der Waals surface area contributed by atoms with Gasteiger partial charge in [0.05, 0.1) is 11.9 Å². The van der Waals surface area contributed by atoms with Gasteiger partial charge < -0.3 is 4.90 Å². The fourth-order valence-corrected chi connectivity index (χ4v) is 3.75. The maximum atomic E-state index is 6.07. The zero-order chi connectivity index (χ0) is 19.2. The van der Waals surface area contributed by atoms with E-state index in [1.165, 1.54) is 12.8 Å². The molecule has 0 unspecified atom stereocenters. The van der Waals surface area contributed by atoms with Crippen LogP contribution in [0.2, 0.25) is 5.02 Å². The zero-order valence-electron chi connectivity index (χ0n) is 16.5. The van der Waals surface area contributed by atoms with E-state index in [0.717, 1.165) is 52.3 Å². The lowest BCUT2D eigenvalue weighted by atomic mass is 9.91. The van der Waals surface area contributed by atoms with E-state index in [-0.39, 0.29) is 5.41 Å². The van der Waals surface area contributed by atoms with Gasteiger partial charge in [0.25, 0.3) is 0 Å². The third-order valence-electron chi connectivity index (χ3n) is 5.48.